The van der Waals surface area contributed by atoms with E-state index in [4.69, 9.17) is 14.7 Å². The summed E-state index contributed by atoms with van der Waals surface area (Å²) < 4.78 is 11.0. The molecule has 0 spiro atoms. The second kappa shape index (κ2) is 7.27. The predicted molar refractivity (Wildman–Crippen MR) is 75.9 cm³/mol. The number of fused-ring (bicyclic) bond motifs is 1. The fourth-order valence-electron chi connectivity index (χ4n) is 1.87. The number of thioether (sulfide) groups is 1. The lowest BCUT2D eigenvalue weighted by Gasteiger charge is -2.18. The summed E-state index contributed by atoms with van der Waals surface area (Å²) in [6.45, 7) is 4.06. The van der Waals surface area contributed by atoms with E-state index in [9.17, 15) is 0 Å². The van der Waals surface area contributed by atoms with Crippen molar-refractivity contribution < 1.29 is 9.47 Å². The highest BCUT2D eigenvalue weighted by molar-refractivity contribution is 7.99. The third kappa shape index (κ3) is 4.05. The number of hydrogen-bond acceptors (Lipinski definition) is 5. The average Bonchev–Trinajstić information content (AvgIpc) is 2.46. The van der Waals surface area contributed by atoms with Gasteiger partial charge in [0, 0.05) is 10.6 Å². The lowest BCUT2D eigenvalue weighted by molar-refractivity contribution is 0.171. The molecule has 0 fully saturated rings. The lowest BCUT2D eigenvalue weighted by Crippen LogP contribution is -2.27. The van der Waals surface area contributed by atoms with Crippen molar-refractivity contribution in [2.45, 2.75) is 24.3 Å². The number of nitrogens with one attached hydrogen (secondary N) is 1. The van der Waals surface area contributed by atoms with Gasteiger partial charge in [0.25, 0.3) is 0 Å². The number of rotatable bonds is 6. The zero-order valence-electron chi connectivity index (χ0n) is 11.0. The van der Waals surface area contributed by atoms with Gasteiger partial charge in [0.15, 0.2) is 11.5 Å². The lowest BCUT2D eigenvalue weighted by atomic mass is 10.2. The maximum Gasteiger partial charge on any atom is 0.162 e. The Balaban J connectivity index is 1.85. The molecular formula is C14H18N2O2S. The molecule has 2 rings (SSSR count). The van der Waals surface area contributed by atoms with Gasteiger partial charge in [-0.3, -0.25) is 0 Å². The van der Waals surface area contributed by atoms with Crippen molar-refractivity contribution in [2.24, 2.45) is 0 Å². The third-order valence-electron chi connectivity index (χ3n) is 2.80. The molecule has 102 valence electrons. The van der Waals surface area contributed by atoms with E-state index in [-0.39, 0.29) is 6.04 Å². The van der Waals surface area contributed by atoms with Crippen molar-refractivity contribution in [1.82, 2.24) is 5.32 Å². The quantitative estimate of drug-likeness (QED) is 0.810. The monoisotopic (exact) mass is 278 g/mol. The molecule has 0 saturated heterocycles. The molecule has 0 saturated carbocycles. The number of nitriles is 1. The first-order chi connectivity index (χ1) is 9.33. The van der Waals surface area contributed by atoms with Crippen LogP contribution in [-0.4, -0.2) is 31.6 Å². The van der Waals surface area contributed by atoms with Crippen LogP contribution < -0.4 is 14.8 Å². The van der Waals surface area contributed by atoms with Gasteiger partial charge in [0.05, 0.1) is 12.1 Å². The van der Waals surface area contributed by atoms with Crippen molar-refractivity contribution in [3.63, 3.8) is 0 Å². The molecule has 1 aliphatic rings. The van der Waals surface area contributed by atoms with Crippen LogP contribution in [-0.2, 0) is 0 Å². The minimum absolute atomic E-state index is 0.0605. The molecule has 0 amide bonds. The molecule has 1 aliphatic heterocycles. The van der Waals surface area contributed by atoms with Gasteiger partial charge >= 0.3 is 0 Å². The number of hydrogen-bond donors (Lipinski definition) is 1. The zero-order valence-corrected chi connectivity index (χ0v) is 11.8. The molecule has 4 nitrogen and oxygen atoms in total. The Hall–Kier alpha value is -1.38. The van der Waals surface area contributed by atoms with E-state index in [0.717, 1.165) is 35.1 Å². The highest BCUT2D eigenvalue weighted by Gasteiger charge is 2.12. The summed E-state index contributed by atoms with van der Waals surface area (Å²) in [5.41, 5.74) is 0. The normalized spacial score (nSPS) is 14.7. The van der Waals surface area contributed by atoms with Gasteiger partial charge in [0.1, 0.15) is 13.2 Å². The van der Waals surface area contributed by atoms with E-state index in [2.05, 4.69) is 11.4 Å². The molecule has 0 aliphatic carbocycles. The number of ether oxygens (including phenoxy) is 2. The van der Waals surface area contributed by atoms with Gasteiger partial charge < -0.3 is 14.8 Å². The van der Waals surface area contributed by atoms with Gasteiger partial charge in [-0.05, 0) is 31.2 Å². The minimum atomic E-state index is -0.0605. The molecule has 0 radical (unpaired) electrons. The maximum atomic E-state index is 8.95. The fourth-order valence-corrected chi connectivity index (χ4v) is 2.81. The summed E-state index contributed by atoms with van der Waals surface area (Å²) >= 11 is 1.74. The topological polar surface area (TPSA) is 54.3 Å². The molecule has 5 heteroatoms. The summed E-state index contributed by atoms with van der Waals surface area (Å²) in [7, 11) is 0. The molecule has 1 aromatic carbocycles. The van der Waals surface area contributed by atoms with Gasteiger partial charge in [0.2, 0.25) is 0 Å². The number of nitrogens with zero attached hydrogens (tertiary/aromatic N) is 1. The Bertz CT molecular complexity index is 459. The molecule has 1 N–H and O–H groups in total. The Morgan fingerprint density at radius 3 is 2.89 bits per heavy atom. The van der Waals surface area contributed by atoms with Crippen LogP contribution in [0.2, 0.25) is 0 Å². The predicted octanol–water partition coefficient (Wildman–Crippen LogP) is 2.44. The second-order valence-electron chi connectivity index (χ2n) is 4.18. The summed E-state index contributed by atoms with van der Waals surface area (Å²) in [4.78, 5) is 1.15. The van der Waals surface area contributed by atoms with Crippen LogP contribution in [0, 0.1) is 11.3 Å². The summed E-state index contributed by atoms with van der Waals surface area (Å²) in [5.74, 6) is 2.54. The van der Waals surface area contributed by atoms with Crippen LogP contribution in [0.1, 0.15) is 13.3 Å². The van der Waals surface area contributed by atoms with Crippen LogP contribution in [0.5, 0.6) is 11.5 Å². The van der Waals surface area contributed by atoms with Crippen molar-refractivity contribution in [3.05, 3.63) is 18.2 Å². The van der Waals surface area contributed by atoms with Crippen LogP contribution in [0.25, 0.3) is 0 Å². The molecule has 1 aromatic rings. The molecule has 1 heterocycles. The third-order valence-corrected chi connectivity index (χ3v) is 3.82. The zero-order chi connectivity index (χ0) is 13.5. The van der Waals surface area contributed by atoms with Gasteiger partial charge in [-0.25, -0.2) is 0 Å². The van der Waals surface area contributed by atoms with E-state index in [1.807, 2.05) is 25.1 Å². The minimum Gasteiger partial charge on any atom is -0.486 e. The van der Waals surface area contributed by atoms with Crippen molar-refractivity contribution in [2.75, 3.05) is 25.5 Å². The van der Waals surface area contributed by atoms with E-state index in [1.54, 1.807) is 11.8 Å². The first-order valence-corrected chi connectivity index (χ1v) is 7.47. The van der Waals surface area contributed by atoms with Crippen LogP contribution in [0.4, 0.5) is 0 Å². The second-order valence-corrected chi connectivity index (χ2v) is 5.35. The molecular weight excluding hydrogens is 260 g/mol. The largest absolute Gasteiger partial charge is 0.486 e. The van der Waals surface area contributed by atoms with Crippen LogP contribution in [0.3, 0.4) is 0 Å². The average molecular weight is 278 g/mol. The molecule has 0 bridgehead atoms. The standard InChI is InChI=1S/C14H18N2O2S/c1-2-16-11(10-15)5-8-19-12-3-4-13-14(9-12)18-7-6-17-13/h3-4,9,11,16H,2,5-8H2,1H3. The Kier molecular flexibility index (Phi) is 5.37. The van der Waals surface area contributed by atoms with Gasteiger partial charge in [-0.2, -0.15) is 5.26 Å². The summed E-state index contributed by atoms with van der Waals surface area (Å²) in [5, 5.41) is 12.1. The molecule has 1 unspecified atom stereocenters. The summed E-state index contributed by atoms with van der Waals surface area (Å²) in [6, 6.07) is 8.20. The SMILES string of the molecule is CCNC(C#N)CCSc1ccc2c(c1)OCCO2. The van der Waals surface area contributed by atoms with Crippen molar-refractivity contribution in [3.8, 4) is 17.6 Å². The van der Waals surface area contributed by atoms with Crippen molar-refractivity contribution in [1.29, 1.82) is 5.26 Å². The number of benzene rings is 1. The van der Waals surface area contributed by atoms with Crippen LogP contribution >= 0.6 is 11.8 Å². The van der Waals surface area contributed by atoms with E-state index >= 15 is 0 Å². The first kappa shape index (κ1) is 14.0. The Morgan fingerprint density at radius 1 is 1.37 bits per heavy atom. The van der Waals surface area contributed by atoms with Crippen LogP contribution in [0.15, 0.2) is 23.1 Å². The molecule has 0 aromatic heterocycles. The first-order valence-electron chi connectivity index (χ1n) is 6.49. The Labute approximate surface area is 118 Å². The molecule has 19 heavy (non-hydrogen) atoms. The highest BCUT2D eigenvalue weighted by Crippen LogP contribution is 2.34. The van der Waals surface area contributed by atoms with E-state index < -0.39 is 0 Å². The summed E-state index contributed by atoms with van der Waals surface area (Å²) in [6.07, 6.45) is 0.837. The van der Waals surface area contributed by atoms with Gasteiger partial charge in [-0.15, -0.1) is 11.8 Å². The highest BCUT2D eigenvalue weighted by atomic mass is 32.2. The smallest absolute Gasteiger partial charge is 0.162 e. The van der Waals surface area contributed by atoms with Gasteiger partial charge in [-0.1, -0.05) is 6.92 Å². The fraction of sp³-hybridized carbons (Fsp3) is 0.500. The molecule has 1 atom stereocenters. The van der Waals surface area contributed by atoms with E-state index in [0.29, 0.717) is 13.2 Å². The maximum absolute atomic E-state index is 8.95. The van der Waals surface area contributed by atoms with Crippen molar-refractivity contribution >= 4 is 11.8 Å². The Morgan fingerprint density at radius 2 is 2.16 bits per heavy atom. The van der Waals surface area contributed by atoms with E-state index in [1.165, 1.54) is 0 Å².